The highest BCUT2D eigenvalue weighted by atomic mass is 32.2. The number of hydrogen-bond acceptors (Lipinski definition) is 24. The van der Waals surface area contributed by atoms with E-state index in [1.807, 2.05) is 59.8 Å². The second-order valence-corrected chi connectivity index (χ2v) is 46.4. The van der Waals surface area contributed by atoms with E-state index in [1.165, 1.54) is 103 Å². The molecule has 26 nitrogen and oxygen atoms in total. The fourth-order valence-corrected chi connectivity index (χ4v) is 26.3. The molecule has 8 aliphatic rings. The van der Waals surface area contributed by atoms with Crippen LogP contribution in [0.15, 0.2) is 219 Å². The highest BCUT2D eigenvalue weighted by Gasteiger charge is 2.69. The van der Waals surface area contributed by atoms with Crippen LogP contribution >= 0.6 is 0 Å². The molecule has 12 heterocycles. The van der Waals surface area contributed by atoms with Crippen LogP contribution in [0.1, 0.15) is 238 Å². The van der Waals surface area contributed by atoms with Crippen LogP contribution < -0.4 is 4.72 Å². The topological polar surface area (TPSA) is 343 Å². The fourth-order valence-electron chi connectivity index (χ4n) is 25.3. The summed E-state index contributed by atoms with van der Waals surface area (Å²) in [6, 6.07) is 35.7. The average Bonchev–Trinajstić information content (AvgIpc) is 1.53. The maximum Gasteiger partial charge on any atom is 0.236 e. The van der Waals surface area contributed by atoms with Crippen molar-refractivity contribution in [1.29, 1.82) is 0 Å². The molecule has 16 aromatic rings. The zero-order valence-corrected chi connectivity index (χ0v) is 84.6. The van der Waals surface area contributed by atoms with Crippen LogP contribution in [0, 0.1) is 68.2 Å². The lowest BCUT2D eigenvalue weighted by atomic mass is 9.66. The molecule has 147 heavy (non-hydrogen) atoms. The number of nitrogens with zero attached hydrogens (tertiary/aromatic N) is 21. The number of sulfone groups is 1. The Hall–Kier alpha value is -14.7. The Morgan fingerprint density at radius 3 is 1.07 bits per heavy atom. The quantitative estimate of drug-likeness (QED) is 0.0827. The summed E-state index contributed by atoms with van der Waals surface area (Å²) in [6.07, 6.45) is 30.4. The molecule has 0 unspecified atom stereocenters. The molecule has 4 saturated carbocycles. The van der Waals surface area contributed by atoms with E-state index >= 15 is 0 Å². The third-order valence-electron chi connectivity index (χ3n) is 32.7. The highest BCUT2D eigenvalue weighted by Crippen LogP contribution is 2.74. The van der Waals surface area contributed by atoms with E-state index in [-0.39, 0.29) is 107 Å². The number of fused-ring (bicyclic) bond motifs is 20. The molecule has 8 aliphatic carbocycles. The summed E-state index contributed by atoms with van der Waals surface area (Å²) in [6.45, 7) is 27.1. The summed E-state index contributed by atoms with van der Waals surface area (Å²) in [7, 11) is -6.92. The minimum Gasteiger partial charge on any atom is -0.272 e. The van der Waals surface area contributed by atoms with Gasteiger partial charge < -0.3 is 0 Å². The predicted octanol–water partition coefficient (Wildman–Crippen LogP) is 22.2. The predicted molar refractivity (Wildman–Crippen MR) is 535 cm³/mol. The molecule has 8 atom stereocenters. The zero-order valence-electron chi connectivity index (χ0n) is 83.0. The minimum atomic E-state index is -3.50. The Bertz CT molecular complexity index is 8180. The summed E-state index contributed by atoms with van der Waals surface area (Å²) in [5, 5.41) is 40.0. The number of benzene rings is 4. The molecule has 748 valence electrons. The third-order valence-corrected chi connectivity index (χ3v) is 34.3. The van der Waals surface area contributed by atoms with Gasteiger partial charge in [-0.2, -0.15) is 25.5 Å². The van der Waals surface area contributed by atoms with E-state index in [2.05, 4.69) is 181 Å². The Balaban J connectivity index is 0.000000115. The second-order valence-electron chi connectivity index (χ2n) is 42.7. The normalized spacial score (nSPS) is 21.7. The smallest absolute Gasteiger partial charge is 0.236 e. The van der Waals surface area contributed by atoms with Gasteiger partial charge in [-0.25, -0.2) is 81.9 Å². The number of pyridine rings is 3. The van der Waals surface area contributed by atoms with E-state index < -0.39 is 88.1 Å². The average molecular weight is 2020 g/mol. The molecule has 4 fully saturated rings. The molecule has 36 heteroatoms. The monoisotopic (exact) mass is 2020 g/mol. The number of halogens is 8. The van der Waals surface area contributed by atoms with Crippen molar-refractivity contribution in [3.8, 4) is 90.2 Å². The molecule has 0 radical (unpaired) electrons. The third kappa shape index (κ3) is 15.8. The van der Waals surface area contributed by atoms with E-state index in [0.717, 1.165) is 156 Å². The van der Waals surface area contributed by atoms with Gasteiger partial charge in [-0.3, -0.25) is 34.3 Å². The lowest BCUT2D eigenvalue weighted by Gasteiger charge is -2.37. The van der Waals surface area contributed by atoms with Gasteiger partial charge in [0.05, 0.1) is 166 Å². The van der Waals surface area contributed by atoms with Crippen LogP contribution in [0.3, 0.4) is 0 Å². The first-order valence-electron chi connectivity index (χ1n) is 48.7. The van der Waals surface area contributed by atoms with Gasteiger partial charge in [-0.1, -0.05) is 113 Å². The first kappa shape index (κ1) is 98.3. The van der Waals surface area contributed by atoms with Gasteiger partial charge >= 0.3 is 0 Å². The molecule has 8 bridgehead atoms. The number of rotatable bonds is 17. The molecule has 1 N–H and O–H groups in total. The summed E-state index contributed by atoms with van der Waals surface area (Å²) >= 11 is 0. The van der Waals surface area contributed by atoms with Crippen molar-refractivity contribution in [2.75, 3.05) is 17.2 Å². The van der Waals surface area contributed by atoms with Crippen molar-refractivity contribution in [3.63, 3.8) is 0 Å². The van der Waals surface area contributed by atoms with Gasteiger partial charge in [-0.05, 0) is 246 Å². The van der Waals surface area contributed by atoms with Crippen molar-refractivity contribution in [3.05, 3.63) is 334 Å². The van der Waals surface area contributed by atoms with Crippen LogP contribution in [0.25, 0.3) is 90.2 Å². The Kier molecular flexibility index (Phi) is 24.0. The zero-order chi connectivity index (χ0) is 104. The van der Waals surface area contributed by atoms with E-state index in [9.17, 15) is 52.0 Å². The van der Waals surface area contributed by atoms with Crippen LogP contribution in [-0.2, 0) is 53.5 Å². The van der Waals surface area contributed by atoms with Crippen molar-refractivity contribution in [2.24, 2.45) is 21.7 Å². The highest BCUT2D eigenvalue weighted by molar-refractivity contribution is 7.92. The van der Waals surface area contributed by atoms with E-state index in [0.29, 0.717) is 33.9 Å². The van der Waals surface area contributed by atoms with Crippen molar-refractivity contribution < 1.29 is 52.0 Å². The van der Waals surface area contributed by atoms with Crippen LogP contribution in [0.4, 0.5) is 41.1 Å². The Labute approximate surface area is 844 Å². The maximum atomic E-state index is 14.5. The number of aryl methyl sites for hydroxylation is 1. The van der Waals surface area contributed by atoms with Crippen LogP contribution in [0.5, 0.6) is 0 Å². The SMILES string of the molecule is CC(C)(C)c1ccnc(-c2cncc([C@@]34CC[C@@H](c5cc(-c6c(F)cccc6F)nnc53)C4(C)C)n2)c1.CC1(C)[C@H]2CC[C@]1(c1cncc(-c3ccc(S(C)(=O)=O)nc3)n1)c1nnc(-c3c(F)cccc3F)cc12.CC1(C)[C@H]2CC[C@]1(c1cncc(-c3cnc(NS(C)(=O)=O)nc3)n1)c1nnc(-c3c(F)cccc3F)cc12.CCCn1cc(-c2cccc([C@@]34CC[C@@H](c5cc(-c6c(F)cccc6F)nnc53)C4(C)C)n2)cn1. The summed E-state index contributed by atoms with van der Waals surface area (Å²) in [5.41, 5.74) is 14.1. The number of anilines is 1. The number of aromatic nitrogens is 21. The molecular formula is C111H102F8N22O4S2. The second kappa shape index (κ2) is 35.9. The van der Waals surface area contributed by atoms with Crippen molar-refractivity contribution in [1.82, 2.24) is 105 Å². The molecule has 12 aromatic heterocycles. The largest absolute Gasteiger partial charge is 0.272 e. The molecule has 0 saturated heterocycles. The molecule has 0 spiro atoms. The van der Waals surface area contributed by atoms with Crippen LogP contribution in [-0.4, -0.2) is 135 Å². The van der Waals surface area contributed by atoms with Gasteiger partial charge in [0.1, 0.15) is 52.2 Å². The number of nitrogens with one attached hydrogen (secondary N) is 1. The Morgan fingerprint density at radius 1 is 0.361 bits per heavy atom. The Morgan fingerprint density at radius 2 is 0.714 bits per heavy atom. The first-order chi connectivity index (χ1) is 69.9. The summed E-state index contributed by atoms with van der Waals surface area (Å²) in [4.78, 5) is 50.4. The van der Waals surface area contributed by atoms with E-state index in [1.54, 1.807) is 49.2 Å². The van der Waals surface area contributed by atoms with Gasteiger partial charge in [0.25, 0.3) is 0 Å². The molecule has 0 aliphatic heterocycles. The van der Waals surface area contributed by atoms with Gasteiger partial charge in [0, 0.05) is 79.1 Å². The van der Waals surface area contributed by atoms with Gasteiger partial charge in [0.2, 0.25) is 16.0 Å². The minimum absolute atomic E-state index is 0.0131. The lowest BCUT2D eigenvalue weighted by Crippen LogP contribution is -2.38. The van der Waals surface area contributed by atoms with Gasteiger partial charge in [0.15, 0.2) is 14.9 Å². The molecule has 0 amide bonds. The summed E-state index contributed by atoms with van der Waals surface area (Å²) < 4.78 is 167. The lowest BCUT2D eigenvalue weighted by molar-refractivity contribution is 0.242. The van der Waals surface area contributed by atoms with Crippen molar-refractivity contribution >= 4 is 25.8 Å². The molecular weight excluding hydrogens is 1920 g/mol. The molecule has 4 aromatic carbocycles. The summed E-state index contributed by atoms with van der Waals surface area (Å²) in [5.74, 6) is -4.75. The van der Waals surface area contributed by atoms with Gasteiger partial charge in [-0.15, -0.1) is 20.4 Å². The first-order valence-corrected chi connectivity index (χ1v) is 52.5. The standard InChI is InChI=1S/C30H29F2N5.C28H27F2N5.C27H23F2N5O2S.C26H23F2N7O2S/c1-28(2,3)17-10-12-34-22(13-17)24-15-33-16-25(35-24)30-11-9-19(29(30,4)5)18-14-23(36-37-27(18)30)26-20(31)7-6-8-21(26)32;1-4-13-35-16-17(15-31-35)22-9-6-10-24(32-22)28-12-11-19(27(28,2)3)18-14-23(33-34-26(18)28)25-20(29)7-5-8-21(25)30;1-26(2)17-9-10-27(26,25-16(17)11-20(33-34-25)24-18(28)5-4-6-19(24)29)22-14-30-13-21(32-22)15-7-8-23(31-12-15)37(3,35)36;1-25(2)16-7-8-26(25,23-15(16)9-19(33-34-23)22-17(27)5-4-6-18(22)28)21-13-29-12-20(32-21)14-10-30-24(31-11-14)35-38(3,36)37/h6-8,10,12-16,19H,9,11H2,1-5H3;5-10,14-16,19H,4,11-13H2,1-3H3;4-8,11-14,17H,9-10H2,1-3H3;4-6,9-13,16H,7-8H2,1-3H3,(H,30,31,35)/t19-,30-;19-,28-;17-,27-;16-,26-/m0000/s1. The van der Waals surface area contributed by atoms with Crippen molar-refractivity contribution in [2.45, 2.75) is 203 Å². The maximum absolute atomic E-state index is 14.5. The number of sulfonamides is 1. The van der Waals surface area contributed by atoms with E-state index in [4.69, 9.17) is 19.9 Å². The molecule has 24 rings (SSSR count). The number of hydrogen-bond donors (Lipinski definition) is 1. The fraction of sp³-hybridized carbons (Fsp3) is 0.333. The van der Waals surface area contributed by atoms with Crippen LogP contribution in [0.2, 0.25) is 0 Å².